The first-order valence-electron chi connectivity index (χ1n) is 11.2. The Morgan fingerprint density at radius 3 is 2.39 bits per heavy atom. The quantitative estimate of drug-likeness (QED) is 0.591. The number of Topliss-reactive ketones (excluding diaryl/α,β-unsaturated/α-hetero) is 1. The zero-order valence-electron chi connectivity index (χ0n) is 18.7. The van der Waals surface area contributed by atoms with Gasteiger partial charge in [0.05, 0.1) is 0 Å². The number of amides is 1. The highest BCUT2D eigenvalue weighted by Crippen LogP contribution is 2.36. The molecule has 168 valence electrons. The van der Waals surface area contributed by atoms with Crippen LogP contribution in [0, 0.1) is 11.2 Å². The average molecular weight is 445 g/mol. The van der Waals surface area contributed by atoms with E-state index in [9.17, 15) is 18.8 Å². The van der Waals surface area contributed by atoms with Gasteiger partial charge in [-0.3, -0.25) is 19.0 Å². The van der Waals surface area contributed by atoms with Crippen LogP contribution in [0.15, 0.2) is 59.5 Å². The number of benzene rings is 2. The van der Waals surface area contributed by atoms with E-state index in [-0.39, 0.29) is 22.7 Å². The summed E-state index contributed by atoms with van der Waals surface area (Å²) in [6.45, 7) is 4.88. The minimum absolute atomic E-state index is 0.0531. The number of carbonyl (C=O) groups excluding carboxylic acids is 2. The highest BCUT2D eigenvalue weighted by molar-refractivity contribution is 6.04. The number of pyridine rings is 1. The molecular weight excluding hydrogens is 419 g/mol. The van der Waals surface area contributed by atoms with E-state index >= 15 is 0 Å². The van der Waals surface area contributed by atoms with Crippen LogP contribution in [-0.2, 0) is 19.4 Å². The van der Waals surface area contributed by atoms with Crippen LogP contribution >= 0.6 is 0 Å². The van der Waals surface area contributed by atoms with Gasteiger partial charge < -0.3 is 4.90 Å². The van der Waals surface area contributed by atoms with Crippen LogP contribution in [0.25, 0.3) is 5.69 Å². The number of carbonyl (C=O) groups is 2. The molecule has 0 spiro atoms. The molecule has 0 atom stereocenters. The molecule has 1 aliphatic carbocycles. The van der Waals surface area contributed by atoms with Crippen molar-refractivity contribution in [1.29, 1.82) is 0 Å². The summed E-state index contributed by atoms with van der Waals surface area (Å²) in [6, 6.07) is 13.5. The molecule has 3 aromatic rings. The molecule has 1 aromatic heterocycles. The highest BCUT2D eigenvalue weighted by atomic mass is 19.1. The molecule has 0 saturated carbocycles. The molecule has 5 rings (SSSR count). The predicted octanol–water partition coefficient (Wildman–Crippen LogP) is 4.33. The van der Waals surface area contributed by atoms with E-state index in [1.165, 1.54) is 40.6 Å². The van der Waals surface area contributed by atoms with Gasteiger partial charge in [0.25, 0.3) is 11.5 Å². The fraction of sp³-hybridized carbons (Fsp3) is 0.296. The highest BCUT2D eigenvalue weighted by Gasteiger charge is 2.37. The summed E-state index contributed by atoms with van der Waals surface area (Å²) < 4.78 is 14.8. The van der Waals surface area contributed by atoms with Gasteiger partial charge >= 0.3 is 0 Å². The molecule has 0 saturated heterocycles. The maximum absolute atomic E-state index is 13.8. The van der Waals surface area contributed by atoms with Crippen molar-refractivity contribution in [3.8, 4) is 5.69 Å². The van der Waals surface area contributed by atoms with E-state index < -0.39 is 11.4 Å². The standard InChI is InChI=1S/C27H25FN2O3/c1-27(2)13-21-22(23(31)14-27)16-30(20-9-7-19(28)8-10-20)26(33)24(21)25(32)29-12-11-17-5-3-4-6-18(17)15-29/h3-10,16H,11-15H2,1-2H3. The Morgan fingerprint density at radius 2 is 1.67 bits per heavy atom. The first-order valence-corrected chi connectivity index (χ1v) is 11.2. The summed E-state index contributed by atoms with van der Waals surface area (Å²) in [6.07, 6.45) is 3.05. The number of halogens is 1. The third-order valence-electron chi connectivity index (χ3n) is 6.65. The molecule has 1 aliphatic heterocycles. The van der Waals surface area contributed by atoms with Crippen molar-refractivity contribution in [2.75, 3.05) is 6.54 Å². The summed E-state index contributed by atoms with van der Waals surface area (Å²) in [7, 11) is 0. The lowest BCUT2D eigenvalue weighted by atomic mass is 9.73. The second-order valence-electron chi connectivity index (χ2n) is 9.73. The molecule has 0 radical (unpaired) electrons. The van der Waals surface area contributed by atoms with E-state index in [1.807, 2.05) is 32.0 Å². The fourth-order valence-corrected chi connectivity index (χ4v) is 4.99. The monoisotopic (exact) mass is 444 g/mol. The van der Waals surface area contributed by atoms with Crippen LogP contribution in [0.2, 0.25) is 0 Å². The molecule has 2 heterocycles. The van der Waals surface area contributed by atoms with Gasteiger partial charge in [0.1, 0.15) is 11.4 Å². The van der Waals surface area contributed by atoms with Gasteiger partial charge in [-0.05, 0) is 59.2 Å². The van der Waals surface area contributed by atoms with Gasteiger partial charge in [0.15, 0.2) is 5.78 Å². The fourth-order valence-electron chi connectivity index (χ4n) is 4.99. The molecule has 2 aromatic carbocycles. The average Bonchev–Trinajstić information content (AvgIpc) is 2.78. The number of rotatable bonds is 2. The van der Waals surface area contributed by atoms with Crippen molar-refractivity contribution in [2.24, 2.45) is 5.41 Å². The third kappa shape index (κ3) is 3.80. The summed E-state index contributed by atoms with van der Waals surface area (Å²) in [5.74, 6) is -0.867. The van der Waals surface area contributed by atoms with Crippen LogP contribution in [0.1, 0.15) is 57.7 Å². The molecule has 33 heavy (non-hydrogen) atoms. The predicted molar refractivity (Wildman–Crippen MR) is 123 cm³/mol. The Hall–Kier alpha value is -3.54. The lowest BCUT2D eigenvalue weighted by Crippen LogP contribution is -2.42. The van der Waals surface area contributed by atoms with Crippen molar-refractivity contribution >= 4 is 11.7 Å². The van der Waals surface area contributed by atoms with Crippen LogP contribution in [0.3, 0.4) is 0 Å². The van der Waals surface area contributed by atoms with E-state index in [2.05, 4.69) is 6.07 Å². The van der Waals surface area contributed by atoms with Gasteiger partial charge in [-0.2, -0.15) is 0 Å². The Kier molecular flexibility index (Phi) is 5.04. The molecule has 5 nitrogen and oxygen atoms in total. The molecule has 0 unspecified atom stereocenters. The van der Waals surface area contributed by atoms with E-state index in [1.54, 1.807) is 4.90 Å². The van der Waals surface area contributed by atoms with E-state index in [0.717, 1.165) is 5.56 Å². The first-order chi connectivity index (χ1) is 15.7. The van der Waals surface area contributed by atoms with Crippen molar-refractivity contribution in [1.82, 2.24) is 9.47 Å². The van der Waals surface area contributed by atoms with Gasteiger partial charge in [-0.15, -0.1) is 0 Å². The number of hydrogen-bond acceptors (Lipinski definition) is 3. The lowest BCUT2D eigenvalue weighted by molar-refractivity contribution is 0.0730. The molecule has 0 bridgehead atoms. The smallest absolute Gasteiger partial charge is 0.268 e. The van der Waals surface area contributed by atoms with Gasteiger partial charge in [0, 0.05) is 37.0 Å². The van der Waals surface area contributed by atoms with Gasteiger partial charge in [-0.1, -0.05) is 38.1 Å². The maximum Gasteiger partial charge on any atom is 0.268 e. The second-order valence-corrected chi connectivity index (χ2v) is 9.73. The summed E-state index contributed by atoms with van der Waals surface area (Å²) in [5, 5.41) is 0. The molecule has 6 heteroatoms. The number of aromatic nitrogens is 1. The van der Waals surface area contributed by atoms with Gasteiger partial charge in [-0.25, -0.2) is 4.39 Å². The molecule has 0 N–H and O–H groups in total. The Morgan fingerprint density at radius 1 is 0.970 bits per heavy atom. The molecule has 1 amide bonds. The van der Waals surface area contributed by atoms with Crippen LogP contribution in [0.5, 0.6) is 0 Å². The zero-order valence-corrected chi connectivity index (χ0v) is 18.7. The minimum atomic E-state index is -0.477. The topological polar surface area (TPSA) is 59.4 Å². The van der Waals surface area contributed by atoms with Crippen LogP contribution in [-0.4, -0.2) is 27.7 Å². The number of nitrogens with zero attached hydrogens (tertiary/aromatic N) is 2. The van der Waals surface area contributed by atoms with E-state index in [0.29, 0.717) is 49.2 Å². The van der Waals surface area contributed by atoms with Crippen LogP contribution < -0.4 is 5.56 Å². The second kappa shape index (κ2) is 7.80. The molecular formula is C27H25FN2O3. The first kappa shape index (κ1) is 21.3. The molecule has 0 fully saturated rings. The summed E-state index contributed by atoms with van der Waals surface area (Å²) in [5.41, 5.74) is 2.85. The largest absolute Gasteiger partial charge is 0.334 e. The van der Waals surface area contributed by atoms with Crippen molar-refractivity contribution < 1.29 is 14.0 Å². The number of hydrogen-bond donors (Lipinski definition) is 0. The van der Waals surface area contributed by atoms with Crippen LogP contribution in [0.4, 0.5) is 4.39 Å². The Balaban J connectivity index is 1.67. The SMILES string of the molecule is CC1(C)CC(=O)c2cn(-c3ccc(F)cc3)c(=O)c(C(=O)N3CCc4ccccc4C3)c2C1. The number of ketones is 1. The zero-order chi connectivity index (χ0) is 23.3. The number of fused-ring (bicyclic) bond motifs is 2. The van der Waals surface area contributed by atoms with Crippen molar-refractivity contribution in [3.63, 3.8) is 0 Å². The van der Waals surface area contributed by atoms with E-state index in [4.69, 9.17) is 0 Å². The summed E-state index contributed by atoms with van der Waals surface area (Å²) in [4.78, 5) is 42.2. The third-order valence-corrected chi connectivity index (χ3v) is 6.65. The van der Waals surface area contributed by atoms with Crippen molar-refractivity contribution in [3.05, 3.63) is 98.7 Å². The minimum Gasteiger partial charge on any atom is -0.334 e. The normalized spacial score (nSPS) is 16.8. The van der Waals surface area contributed by atoms with Crippen molar-refractivity contribution in [2.45, 2.75) is 39.7 Å². The summed E-state index contributed by atoms with van der Waals surface area (Å²) >= 11 is 0. The van der Waals surface area contributed by atoms with Gasteiger partial charge in [0.2, 0.25) is 0 Å². The molecule has 2 aliphatic rings. The Bertz CT molecular complexity index is 1340. The maximum atomic E-state index is 13.8. The lowest BCUT2D eigenvalue weighted by Gasteiger charge is -2.34. The Labute approximate surface area is 191 Å².